The van der Waals surface area contributed by atoms with E-state index in [0.717, 1.165) is 28.7 Å². The van der Waals surface area contributed by atoms with Gasteiger partial charge in [0.1, 0.15) is 18.7 Å². The molecule has 7 nitrogen and oxygen atoms in total. The molecule has 3 unspecified atom stereocenters. The Labute approximate surface area is 199 Å². The zero-order valence-corrected chi connectivity index (χ0v) is 19.3. The minimum atomic E-state index is -1.03. The van der Waals surface area contributed by atoms with Crippen molar-refractivity contribution in [2.24, 2.45) is 5.92 Å². The first kappa shape index (κ1) is 23.5. The van der Waals surface area contributed by atoms with Crippen molar-refractivity contribution in [3.8, 4) is 11.1 Å². The van der Waals surface area contributed by atoms with E-state index in [0.29, 0.717) is 13.0 Å². The molecular weight excluding hydrogens is 432 g/mol. The third-order valence-electron chi connectivity index (χ3n) is 6.77. The van der Waals surface area contributed by atoms with E-state index in [9.17, 15) is 19.5 Å². The standard InChI is InChI=1S/C27H30N2O5/c1-3-8-23(25(30)29-14-13-17(2)15-24(29)26(31)32)28-27(33)34-16-22-20-11-6-4-9-18(20)19-10-5-7-12-21(19)22/h3-7,9-12,17,22-24H,1,8,13-16H2,2H3,(H,28,33)(H,31,32). The Morgan fingerprint density at radius 3 is 2.35 bits per heavy atom. The zero-order valence-electron chi connectivity index (χ0n) is 19.3. The number of alkyl carbamates (subject to hydrolysis) is 1. The van der Waals surface area contributed by atoms with Crippen LogP contribution in [0.25, 0.3) is 11.1 Å². The first-order chi connectivity index (χ1) is 16.4. The molecule has 0 radical (unpaired) electrons. The number of piperidine rings is 1. The molecule has 0 saturated carbocycles. The molecule has 2 N–H and O–H groups in total. The van der Waals surface area contributed by atoms with E-state index in [1.807, 2.05) is 43.3 Å². The quantitative estimate of drug-likeness (QED) is 0.602. The van der Waals surface area contributed by atoms with Crippen LogP contribution in [0.3, 0.4) is 0 Å². The third kappa shape index (κ3) is 4.69. The molecule has 34 heavy (non-hydrogen) atoms. The third-order valence-corrected chi connectivity index (χ3v) is 6.77. The molecule has 1 saturated heterocycles. The van der Waals surface area contributed by atoms with Crippen molar-refractivity contribution in [1.29, 1.82) is 0 Å². The highest BCUT2D eigenvalue weighted by Crippen LogP contribution is 2.44. The molecule has 2 aromatic rings. The Morgan fingerprint density at radius 2 is 1.76 bits per heavy atom. The monoisotopic (exact) mass is 462 g/mol. The SMILES string of the molecule is C=CCC(NC(=O)OCC1c2ccccc2-c2ccccc21)C(=O)N1CCC(C)CC1C(=O)O. The molecule has 3 atom stereocenters. The van der Waals surface area contributed by atoms with Gasteiger partial charge in [0.2, 0.25) is 5.91 Å². The van der Waals surface area contributed by atoms with Crippen LogP contribution < -0.4 is 5.32 Å². The second-order valence-electron chi connectivity index (χ2n) is 9.06. The number of benzene rings is 2. The summed E-state index contributed by atoms with van der Waals surface area (Å²) >= 11 is 0. The number of nitrogens with zero attached hydrogens (tertiary/aromatic N) is 1. The number of carbonyl (C=O) groups excluding carboxylic acids is 2. The van der Waals surface area contributed by atoms with Crippen LogP contribution in [0.5, 0.6) is 0 Å². The molecule has 0 bridgehead atoms. The van der Waals surface area contributed by atoms with Crippen LogP contribution in [0.4, 0.5) is 4.79 Å². The molecule has 178 valence electrons. The van der Waals surface area contributed by atoms with Crippen molar-refractivity contribution >= 4 is 18.0 Å². The minimum absolute atomic E-state index is 0.0910. The number of aliphatic carboxylic acids is 1. The van der Waals surface area contributed by atoms with E-state index >= 15 is 0 Å². The summed E-state index contributed by atoms with van der Waals surface area (Å²) < 4.78 is 5.57. The van der Waals surface area contributed by atoms with E-state index in [1.165, 1.54) is 11.0 Å². The van der Waals surface area contributed by atoms with Gasteiger partial charge in [0.25, 0.3) is 0 Å². The number of carbonyl (C=O) groups is 3. The van der Waals surface area contributed by atoms with Gasteiger partial charge in [-0.25, -0.2) is 9.59 Å². The topological polar surface area (TPSA) is 95.9 Å². The van der Waals surface area contributed by atoms with Crippen LogP contribution in [0.2, 0.25) is 0 Å². The van der Waals surface area contributed by atoms with Crippen LogP contribution in [-0.2, 0) is 14.3 Å². The van der Waals surface area contributed by atoms with E-state index in [1.54, 1.807) is 0 Å². The van der Waals surface area contributed by atoms with Crippen molar-refractivity contribution in [3.05, 3.63) is 72.3 Å². The van der Waals surface area contributed by atoms with Crippen molar-refractivity contribution in [2.45, 2.75) is 44.2 Å². The number of amides is 2. The maximum absolute atomic E-state index is 13.2. The number of carboxylic acid groups (broad SMARTS) is 1. The zero-order chi connectivity index (χ0) is 24.2. The van der Waals surface area contributed by atoms with E-state index in [-0.39, 0.29) is 24.9 Å². The highest BCUT2D eigenvalue weighted by atomic mass is 16.5. The Bertz CT molecular complexity index is 1050. The first-order valence-corrected chi connectivity index (χ1v) is 11.7. The van der Waals surface area contributed by atoms with E-state index in [2.05, 4.69) is 24.0 Å². The first-order valence-electron chi connectivity index (χ1n) is 11.7. The van der Waals surface area contributed by atoms with Gasteiger partial charge in [-0.05, 0) is 47.4 Å². The number of likely N-dealkylation sites (tertiary alicyclic amines) is 1. The van der Waals surface area contributed by atoms with Gasteiger partial charge in [-0.1, -0.05) is 61.5 Å². The fourth-order valence-corrected chi connectivity index (χ4v) is 5.01. The summed E-state index contributed by atoms with van der Waals surface area (Å²) in [4.78, 5) is 39.0. The van der Waals surface area contributed by atoms with Gasteiger partial charge in [0.15, 0.2) is 0 Å². The van der Waals surface area contributed by atoms with Crippen molar-refractivity contribution in [3.63, 3.8) is 0 Å². The smallest absolute Gasteiger partial charge is 0.407 e. The van der Waals surface area contributed by atoms with Crippen LogP contribution in [-0.4, -0.2) is 53.2 Å². The fourth-order valence-electron chi connectivity index (χ4n) is 5.01. The molecule has 1 aliphatic heterocycles. The molecule has 0 aromatic heterocycles. The summed E-state index contributed by atoms with van der Waals surface area (Å²) in [6.07, 6.45) is 2.13. The summed E-state index contributed by atoms with van der Waals surface area (Å²) in [7, 11) is 0. The highest BCUT2D eigenvalue weighted by molar-refractivity contribution is 5.89. The molecule has 0 spiro atoms. The lowest BCUT2D eigenvalue weighted by molar-refractivity contribution is -0.153. The summed E-state index contributed by atoms with van der Waals surface area (Å²) in [6, 6.07) is 14.3. The number of hydrogen-bond donors (Lipinski definition) is 2. The lowest BCUT2D eigenvalue weighted by atomic mass is 9.91. The summed E-state index contributed by atoms with van der Waals surface area (Å²) in [5, 5.41) is 12.2. The molecule has 1 fully saturated rings. The molecule has 2 aromatic carbocycles. The maximum Gasteiger partial charge on any atom is 0.407 e. The Morgan fingerprint density at radius 1 is 1.15 bits per heavy atom. The molecule has 2 amide bonds. The Balaban J connectivity index is 1.43. The van der Waals surface area contributed by atoms with Crippen LogP contribution in [0, 0.1) is 5.92 Å². The second kappa shape index (κ2) is 10.1. The molecule has 7 heteroatoms. The lowest BCUT2D eigenvalue weighted by Crippen LogP contribution is -2.56. The average molecular weight is 463 g/mol. The van der Waals surface area contributed by atoms with Crippen molar-refractivity contribution < 1.29 is 24.2 Å². The lowest BCUT2D eigenvalue weighted by Gasteiger charge is -2.37. The minimum Gasteiger partial charge on any atom is -0.480 e. The molecular formula is C27H30N2O5. The fraction of sp³-hybridized carbons (Fsp3) is 0.370. The Hall–Kier alpha value is -3.61. The number of hydrogen-bond acceptors (Lipinski definition) is 4. The largest absolute Gasteiger partial charge is 0.480 e. The summed E-state index contributed by atoms with van der Waals surface area (Å²) in [5.74, 6) is -1.32. The van der Waals surface area contributed by atoms with E-state index in [4.69, 9.17) is 4.74 Å². The van der Waals surface area contributed by atoms with Gasteiger partial charge < -0.3 is 20.1 Å². The number of ether oxygens (including phenoxy) is 1. The average Bonchev–Trinajstić information content (AvgIpc) is 3.15. The normalized spacial score (nSPS) is 20.1. The predicted octanol–water partition coefficient (Wildman–Crippen LogP) is 4.18. The predicted molar refractivity (Wildman–Crippen MR) is 128 cm³/mol. The summed E-state index contributed by atoms with van der Waals surface area (Å²) in [6.45, 7) is 6.14. The van der Waals surface area contributed by atoms with Gasteiger partial charge in [-0.15, -0.1) is 6.58 Å². The van der Waals surface area contributed by atoms with Gasteiger partial charge in [0.05, 0.1) is 0 Å². The highest BCUT2D eigenvalue weighted by Gasteiger charge is 2.38. The number of fused-ring (bicyclic) bond motifs is 3. The maximum atomic E-state index is 13.2. The second-order valence-corrected chi connectivity index (χ2v) is 9.06. The van der Waals surface area contributed by atoms with E-state index < -0.39 is 30.1 Å². The molecule has 4 rings (SSSR count). The van der Waals surface area contributed by atoms with Crippen molar-refractivity contribution in [1.82, 2.24) is 10.2 Å². The van der Waals surface area contributed by atoms with Crippen LogP contribution in [0.15, 0.2) is 61.2 Å². The molecule has 1 aliphatic carbocycles. The van der Waals surface area contributed by atoms with Gasteiger partial charge >= 0.3 is 12.1 Å². The number of nitrogens with one attached hydrogen (secondary N) is 1. The molecule has 1 heterocycles. The van der Waals surface area contributed by atoms with Gasteiger partial charge in [-0.2, -0.15) is 0 Å². The summed E-state index contributed by atoms with van der Waals surface area (Å²) in [5.41, 5.74) is 4.46. The van der Waals surface area contributed by atoms with Crippen molar-refractivity contribution in [2.75, 3.05) is 13.2 Å². The van der Waals surface area contributed by atoms with Gasteiger partial charge in [-0.3, -0.25) is 4.79 Å². The van der Waals surface area contributed by atoms with Crippen LogP contribution >= 0.6 is 0 Å². The Kier molecular flexibility index (Phi) is 7.01. The van der Waals surface area contributed by atoms with Gasteiger partial charge in [0, 0.05) is 12.5 Å². The molecule has 2 aliphatic rings. The number of rotatable bonds is 7. The van der Waals surface area contributed by atoms with Crippen LogP contribution in [0.1, 0.15) is 43.2 Å². The number of carboxylic acids is 1.